The van der Waals surface area contributed by atoms with Crippen molar-refractivity contribution in [3.05, 3.63) is 64.8 Å². The molecule has 4 rings (SSSR count). The molecule has 1 aromatic carbocycles. The Morgan fingerprint density at radius 3 is 2.77 bits per heavy atom. The number of carboxylic acid groups (broad SMARTS) is 1. The number of hydrogen-bond donors (Lipinski definition) is 2. The van der Waals surface area contributed by atoms with Gasteiger partial charge < -0.3 is 15.2 Å². The van der Waals surface area contributed by atoms with Crippen LogP contribution in [0.4, 0.5) is 10.9 Å². The molecule has 1 fully saturated rings. The first-order chi connectivity index (χ1) is 14.5. The van der Waals surface area contributed by atoms with Crippen molar-refractivity contribution in [1.29, 1.82) is 0 Å². The van der Waals surface area contributed by atoms with Gasteiger partial charge in [0.05, 0.1) is 11.5 Å². The smallest absolute Gasteiger partial charge is 0.310 e. The predicted octanol–water partition coefficient (Wildman–Crippen LogP) is 5.57. The number of aliphatic carboxylic acids is 1. The summed E-state index contributed by atoms with van der Waals surface area (Å²) in [7, 11) is 0. The number of pyridine rings is 1. The van der Waals surface area contributed by atoms with Crippen LogP contribution in [0.25, 0.3) is 0 Å². The maximum absolute atomic E-state index is 12.2. The van der Waals surface area contributed by atoms with Gasteiger partial charge in [-0.2, -0.15) is 0 Å². The number of benzene rings is 1. The number of halogens is 1. The second-order valence-electron chi connectivity index (χ2n) is 7.51. The second-order valence-corrected chi connectivity index (χ2v) is 8.84. The SMILES string of the molecule is O=C(O)[C@]1(Cc2cccc(Nc3nccs3)n2)CC[C@@H](Oc2cccc(Cl)c2)CC1. The van der Waals surface area contributed by atoms with E-state index >= 15 is 0 Å². The average molecular weight is 444 g/mol. The van der Waals surface area contributed by atoms with Crippen molar-refractivity contribution in [3.8, 4) is 5.75 Å². The van der Waals surface area contributed by atoms with Crippen LogP contribution in [0.3, 0.4) is 0 Å². The van der Waals surface area contributed by atoms with Gasteiger partial charge in [0.25, 0.3) is 0 Å². The first-order valence-electron chi connectivity index (χ1n) is 9.80. The van der Waals surface area contributed by atoms with E-state index in [4.69, 9.17) is 16.3 Å². The molecule has 2 N–H and O–H groups in total. The highest BCUT2D eigenvalue weighted by Gasteiger charge is 2.43. The fraction of sp³-hybridized carbons (Fsp3) is 0.318. The molecule has 1 aliphatic rings. The van der Waals surface area contributed by atoms with E-state index in [1.807, 2.05) is 35.7 Å². The van der Waals surface area contributed by atoms with Gasteiger partial charge in [0.1, 0.15) is 11.6 Å². The van der Waals surface area contributed by atoms with Gasteiger partial charge in [-0.1, -0.05) is 23.7 Å². The van der Waals surface area contributed by atoms with E-state index in [0.717, 1.165) is 16.6 Å². The molecule has 30 heavy (non-hydrogen) atoms. The molecule has 0 spiro atoms. The fourth-order valence-corrected chi connectivity index (χ4v) is 4.57. The van der Waals surface area contributed by atoms with Crippen LogP contribution >= 0.6 is 22.9 Å². The Balaban J connectivity index is 1.42. The molecule has 0 radical (unpaired) electrons. The number of nitrogens with one attached hydrogen (secondary N) is 1. The normalized spacial score (nSPS) is 21.2. The van der Waals surface area contributed by atoms with Crippen molar-refractivity contribution in [2.45, 2.75) is 38.2 Å². The van der Waals surface area contributed by atoms with Crippen LogP contribution in [0.5, 0.6) is 5.75 Å². The van der Waals surface area contributed by atoms with Gasteiger partial charge in [0.2, 0.25) is 0 Å². The highest BCUT2D eigenvalue weighted by molar-refractivity contribution is 7.13. The molecular formula is C22H22ClN3O3S. The maximum atomic E-state index is 12.2. The van der Waals surface area contributed by atoms with Crippen LogP contribution < -0.4 is 10.1 Å². The van der Waals surface area contributed by atoms with Gasteiger partial charge >= 0.3 is 5.97 Å². The lowest BCUT2D eigenvalue weighted by molar-refractivity contribution is -0.152. The Labute approximate surface area is 183 Å². The summed E-state index contributed by atoms with van der Waals surface area (Å²) in [5.41, 5.74) is -0.0748. The summed E-state index contributed by atoms with van der Waals surface area (Å²) < 4.78 is 6.03. The van der Waals surface area contributed by atoms with E-state index in [1.54, 1.807) is 18.3 Å². The Morgan fingerprint density at radius 2 is 2.07 bits per heavy atom. The monoisotopic (exact) mass is 443 g/mol. The van der Waals surface area contributed by atoms with Crippen molar-refractivity contribution in [2.75, 3.05) is 5.32 Å². The van der Waals surface area contributed by atoms with E-state index in [0.29, 0.717) is 42.9 Å². The number of thiazole rings is 1. The number of hydrogen-bond acceptors (Lipinski definition) is 6. The van der Waals surface area contributed by atoms with Crippen molar-refractivity contribution in [3.63, 3.8) is 0 Å². The topological polar surface area (TPSA) is 84.3 Å². The van der Waals surface area contributed by atoms with Crippen molar-refractivity contribution < 1.29 is 14.6 Å². The molecule has 0 amide bonds. The molecule has 3 aromatic rings. The van der Waals surface area contributed by atoms with Gasteiger partial charge in [-0.25, -0.2) is 9.97 Å². The summed E-state index contributed by atoms with van der Waals surface area (Å²) in [6.07, 6.45) is 4.53. The third kappa shape index (κ3) is 4.91. The van der Waals surface area contributed by atoms with Crippen LogP contribution in [0.15, 0.2) is 54.0 Å². The molecule has 6 nitrogen and oxygen atoms in total. The number of carbonyl (C=O) groups is 1. The summed E-state index contributed by atoms with van der Waals surface area (Å²) in [6.45, 7) is 0. The van der Waals surface area contributed by atoms with Crippen LogP contribution in [-0.4, -0.2) is 27.1 Å². The molecule has 8 heteroatoms. The number of anilines is 2. The molecule has 2 heterocycles. The predicted molar refractivity (Wildman–Crippen MR) is 118 cm³/mol. The molecule has 156 valence electrons. The van der Waals surface area contributed by atoms with Gasteiger partial charge in [-0.3, -0.25) is 4.79 Å². The highest BCUT2D eigenvalue weighted by atomic mass is 35.5. The molecule has 0 unspecified atom stereocenters. The lowest BCUT2D eigenvalue weighted by Gasteiger charge is -2.36. The zero-order valence-electron chi connectivity index (χ0n) is 16.3. The van der Waals surface area contributed by atoms with Crippen molar-refractivity contribution in [1.82, 2.24) is 9.97 Å². The van der Waals surface area contributed by atoms with Crippen molar-refractivity contribution in [2.24, 2.45) is 5.41 Å². The summed E-state index contributed by atoms with van der Waals surface area (Å²) >= 11 is 7.51. The van der Waals surface area contributed by atoms with E-state index in [2.05, 4.69) is 15.3 Å². The van der Waals surface area contributed by atoms with Gasteiger partial charge in [-0.15, -0.1) is 11.3 Å². The Hall–Kier alpha value is -2.64. The summed E-state index contributed by atoms with van der Waals surface area (Å²) in [5, 5.41) is 16.5. The first kappa shape index (κ1) is 20.6. The van der Waals surface area contributed by atoms with Crippen LogP contribution in [0.2, 0.25) is 5.02 Å². The summed E-state index contributed by atoms with van der Waals surface area (Å²) in [6, 6.07) is 12.9. The highest BCUT2D eigenvalue weighted by Crippen LogP contribution is 2.41. The molecule has 2 aromatic heterocycles. The summed E-state index contributed by atoms with van der Waals surface area (Å²) in [5.74, 6) is 0.614. The molecule has 0 saturated heterocycles. The molecule has 0 atom stereocenters. The van der Waals surface area contributed by atoms with Crippen LogP contribution in [0, 0.1) is 5.41 Å². The van der Waals surface area contributed by atoms with Crippen molar-refractivity contribution >= 4 is 39.9 Å². The second kappa shape index (κ2) is 9.02. The standard InChI is InChI=1S/C22H22ClN3O3S/c23-15-3-1-5-18(13-15)29-17-7-9-22(10-8-17,20(27)28)14-16-4-2-6-19(25-16)26-21-24-11-12-30-21/h1-6,11-13,17H,7-10,14H2,(H,27,28)(H,24,25,26)/t17-,22-. The molecular weight excluding hydrogens is 422 g/mol. The Morgan fingerprint density at radius 1 is 1.27 bits per heavy atom. The van der Waals surface area contributed by atoms with E-state index < -0.39 is 11.4 Å². The largest absolute Gasteiger partial charge is 0.490 e. The zero-order valence-corrected chi connectivity index (χ0v) is 17.8. The minimum atomic E-state index is -0.832. The number of rotatable bonds is 7. The third-order valence-electron chi connectivity index (χ3n) is 5.44. The minimum Gasteiger partial charge on any atom is -0.490 e. The van der Waals surface area contributed by atoms with E-state index in [9.17, 15) is 9.90 Å². The number of nitrogens with zero attached hydrogens (tertiary/aromatic N) is 2. The van der Waals surface area contributed by atoms with Gasteiger partial charge in [0, 0.05) is 28.7 Å². The number of ether oxygens (including phenoxy) is 1. The van der Waals surface area contributed by atoms with E-state index in [-0.39, 0.29) is 6.10 Å². The Bertz CT molecular complexity index is 1000. The van der Waals surface area contributed by atoms with Gasteiger partial charge in [-0.05, 0) is 56.0 Å². The average Bonchev–Trinajstić information content (AvgIpc) is 3.23. The van der Waals surface area contributed by atoms with Gasteiger partial charge in [0.15, 0.2) is 5.13 Å². The third-order valence-corrected chi connectivity index (χ3v) is 6.36. The maximum Gasteiger partial charge on any atom is 0.310 e. The van der Waals surface area contributed by atoms with Crippen LogP contribution in [0.1, 0.15) is 31.4 Å². The van der Waals surface area contributed by atoms with Crippen LogP contribution in [-0.2, 0) is 11.2 Å². The number of carboxylic acids is 1. The molecule has 0 aliphatic heterocycles. The Kier molecular flexibility index (Phi) is 6.20. The first-order valence-corrected chi connectivity index (χ1v) is 11.1. The lowest BCUT2D eigenvalue weighted by Crippen LogP contribution is -2.40. The number of aromatic nitrogens is 2. The fourth-order valence-electron chi connectivity index (χ4n) is 3.85. The quantitative estimate of drug-likeness (QED) is 0.496. The molecule has 1 saturated carbocycles. The summed E-state index contributed by atoms with van der Waals surface area (Å²) in [4.78, 5) is 21.0. The molecule has 0 bridgehead atoms. The van der Waals surface area contributed by atoms with E-state index in [1.165, 1.54) is 11.3 Å². The zero-order chi connectivity index (χ0) is 21.0. The molecule has 1 aliphatic carbocycles. The lowest BCUT2D eigenvalue weighted by atomic mass is 9.70. The minimum absolute atomic E-state index is 0.0122.